The van der Waals surface area contributed by atoms with Crippen LogP contribution >= 0.6 is 0 Å². The number of H-pyrrole nitrogens is 1. The molecule has 17 heavy (non-hydrogen) atoms. The Morgan fingerprint density at radius 3 is 2.94 bits per heavy atom. The van der Waals surface area contributed by atoms with Crippen LogP contribution in [0.25, 0.3) is 0 Å². The standard InChI is InChI=1S/C11H12N4O2/c1-12-9-6-8(4-5-13-9)7-15-11(17)3-2-10(16)14-15/h2-6H,7H2,1H3,(H,12,13)(H,14,16). The summed E-state index contributed by atoms with van der Waals surface area (Å²) in [5.41, 5.74) is 0.341. The van der Waals surface area contributed by atoms with E-state index in [1.165, 1.54) is 16.8 Å². The maximum absolute atomic E-state index is 11.5. The summed E-state index contributed by atoms with van der Waals surface area (Å²) in [5.74, 6) is 0.717. The summed E-state index contributed by atoms with van der Waals surface area (Å²) in [6.07, 6.45) is 1.65. The number of hydrogen-bond donors (Lipinski definition) is 2. The molecule has 6 heteroatoms. The zero-order valence-corrected chi connectivity index (χ0v) is 9.30. The summed E-state index contributed by atoms with van der Waals surface area (Å²) in [6, 6.07) is 6.07. The molecule has 0 spiro atoms. The Labute approximate surface area is 96.9 Å². The van der Waals surface area contributed by atoms with Crippen LogP contribution in [-0.4, -0.2) is 21.8 Å². The number of anilines is 1. The molecule has 0 fully saturated rings. The molecule has 0 atom stereocenters. The van der Waals surface area contributed by atoms with E-state index in [-0.39, 0.29) is 11.1 Å². The first-order chi connectivity index (χ1) is 8.19. The van der Waals surface area contributed by atoms with E-state index in [9.17, 15) is 9.59 Å². The first-order valence-electron chi connectivity index (χ1n) is 5.12. The Morgan fingerprint density at radius 2 is 2.18 bits per heavy atom. The first kappa shape index (κ1) is 11.1. The highest BCUT2D eigenvalue weighted by atomic mass is 16.1. The first-order valence-corrected chi connectivity index (χ1v) is 5.12. The molecule has 0 unspecified atom stereocenters. The molecule has 2 rings (SSSR count). The number of aromatic amines is 1. The van der Waals surface area contributed by atoms with Crippen LogP contribution in [0.4, 0.5) is 5.82 Å². The monoisotopic (exact) mass is 232 g/mol. The Bertz CT molecular complexity index is 630. The molecular formula is C11H12N4O2. The van der Waals surface area contributed by atoms with Gasteiger partial charge in [-0.3, -0.25) is 14.7 Å². The van der Waals surface area contributed by atoms with Gasteiger partial charge in [0.2, 0.25) is 0 Å². The van der Waals surface area contributed by atoms with Gasteiger partial charge >= 0.3 is 0 Å². The Morgan fingerprint density at radius 1 is 1.35 bits per heavy atom. The van der Waals surface area contributed by atoms with Crippen molar-refractivity contribution in [1.82, 2.24) is 14.8 Å². The van der Waals surface area contributed by atoms with Crippen molar-refractivity contribution in [1.29, 1.82) is 0 Å². The van der Waals surface area contributed by atoms with Gasteiger partial charge in [-0.15, -0.1) is 0 Å². The highest BCUT2D eigenvalue weighted by molar-refractivity contribution is 5.36. The quantitative estimate of drug-likeness (QED) is 0.782. The maximum atomic E-state index is 11.5. The van der Waals surface area contributed by atoms with Gasteiger partial charge in [-0.25, -0.2) is 9.67 Å². The Hall–Kier alpha value is -2.37. The predicted octanol–water partition coefficient (Wildman–Crippen LogP) is 0.0216. The molecule has 6 nitrogen and oxygen atoms in total. The van der Waals surface area contributed by atoms with Crippen LogP contribution in [0.15, 0.2) is 40.1 Å². The summed E-state index contributed by atoms with van der Waals surface area (Å²) in [5, 5.41) is 5.38. The summed E-state index contributed by atoms with van der Waals surface area (Å²) in [4.78, 5) is 26.7. The van der Waals surface area contributed by atoms with E-state index >= 15 is 0 Å². The van der Waals surface area contributed by atoms with Gasteiger partial charge in [0.25, 0.3) is 11.1 Å². The minimum absolute atomic E-state index is 0.243. The van der Waals surface area contributed by atoms with Crippen molar-refractivity contribution in [3.8, 4) is 0 Å². The van der Waals surface area contributed by atoms with Gasteiger partial charge in [-0.05, 0) is 17.7 Å². The van der Waals surface area contributed by atoms with Crippen molar-refractivity contribution in [2.75, 3.05) is 12.4 Å². The molecule has 88 valence electrons. The van der Waals surface area contributed by atoms with Gasteiger partial charge in [0.15, 0.2) is 0 Å². The zero-order valence-electron chi connectivity index (χ0n) is 9.30. The van der Waals surface area contributed by atoms with Gasteiger partial charge < -0.3 is 5.32 Å². The van der Waals surface area contributed by atoms with E-state index in [4.69, 9.17) is 0 Å². The van der Waals surface area contributed by atoms with Crippen molar-refractivity contribution >= 4 is 5.82 Å². The topological polar surface area (TPSA) is 79.8 Å². The van der Waals surface area contributed by atoms with Crippen LogP contribution in [-0.2, 0) is 6.54 Å². The lowest BCUT2D eigenvalue weighted by Gasteiger charge is -2.06. The van der Waals surface area contributed by atoms with Crippen molar-refractivity contribution < 1.29 is 0 Å². The van der Waals surface area contributed by atoms with E-state index in [0.717, 1.165) is 5.56 Å². The second-order valence-corrected chi connectivity index (χ2v) is 3.53. The summed E-state index contributed by atoms with van der Waals surface area (Å²) in [6.45, 7) is 0.312. The molecule has 0 amide bonds. The van der Waals surface area contributed by atoms with Gasteiger partial charge in [-0.2, -0.15) is 0 Å². The number of nitrogens with zero attached hydrogens (tertiary/aromatic N) is 2. The van der Waals surface area contributed by atoms with Gasteiger partial charge in [0.05, 0.1) is 6.54 Å². The van der Waals surface area contributed by atoms with E-state index in [1.54, 1.807) is 19.3 Å². The molecule has 0 bridgehead atoms. The average Bonchev–Trinajstić information content (AvgIpc) is 2.34. The summed E-state index contributed by atoms with van der Waals surface area (Å²) in [7, 11) is 1.77. The Balaban J connectivity index is 2.34. The fraction of sp³-hybridized carbons (Fsp3) is 0.182. The summed E-state index contributed by atoms with van der Waals surface area (Å²) < 4.78 is 1.26. The molecule has 2 heterocycles. The SMILES string of the molecule is CNc1cc(Cn2[nH]c(=O)ccc2=O)ccn1. The average molecular weight is 232 g/mol. The van der Waals surface area contributed by atoms with E-state index in [2.05, 4.69) is 15.4 Å². The largest absolute Gasteiger partial charge is 0.373 e. The van der Waals surface area contributed by atoms with Crippen molar-refractivity contribution in [2.24, 2.45) is 0 Å². The smallest absolute Gasteiger partial charge is 0.265 e. The van der Waals surface area contributed by atoms with Gasteiger partial charge in [0, 0.05) is 25.4 Å². The fourth-order valence-electron chi connectivity index (χ4n) is 1.47. The molecule has 2 aromatic rings. The second kappa shape index (κ2) is 4.65. The van der Waals surface area contributed by atoms with Gasteiger partial charge in [0.1, 0.15) is 5.82 Å². The van der Waals surface area contributed by atoms with E-state index in [1.807, 2.05) is 6.07 Å². The lowest BCUT2D eigenvalue weighted by Crippen LogP contribution is -2.28. The lowest BCUT2D eigenvalue weighted by molar-refractivity contribution is 0.627. The normalized spacial score (nSPS) is 10.2. The number of aromatic nitrogens is 3. The minimum Gasteiger partial charge on any atom is -0.373 e. The van der Waals surface area contributed by atoms with Crippen LogP contribution in [0.5, 0.6) is 0 Å². The lowest BCUT2D eigenvalue weighted by atomic mass is 10.2. The van der Waals surface area contributed by atoms with E-state index < -0.39 is 0 Å². The second-order valence-electron chi connectivity index (χ2n) is 3.53. The maximum Gasteiger partial charge on any atom is 0.265 e. The molecule has 0 saturated heterocycles. The van der Waals surface area contributed by atoms with Crippen LogP contribution in [0.1, 0.15) is 5.56 Å². The predicted molar refractivity (Wildman–Crippen MR) is 64.2 cm³/mol. The molecule has 0 radical (unpaired) electrons. The van der Waals surface area contributed by atoms with Crippen molar-refractivity contribution in [2.45, 2.75) is 6.54 Å². The van der Waals surface area contributed by atoms with Crippen LogP contribution in [0, 0.1) is 0 Å². The molecule has 0 saturated carbocycles. The van der Waals surface area contributed by atoms with E-state index in [0.29, 0.717) is 12.4 Å². The third kappa shape index (κ3) is 2.60. The number of nitrogens with one attached hydrogen (secondary N) is 2. The highest BCUT2D eigenvalue weighted by Crippen LogP contribution is 2.05. The zero-order chi connectivity index (χ0) is 12.3. The fourth-order valence-corrected chi connectivity index (χ4v) is 1.47. The van der Waals surface area contributed by atoms with Crippen LogP contribution < -0.4 is 16.4 Å². The number of rotatable bonds is 3. The summed E-state index contributed by atoms with van der Waals surface area (Å²) >= 11 is 0. The third-order valence-corrected chi connectivity index (χ3v) is 2.31. The molecule has 2 aromatic heterocycles. The number of hydrogen-bond acceptors (Lipinski definition) is 4. The third-order valence-electron chi connectivity index (χ3n) is 2.31. The van der Waals surface area contributed by atoms with Crippen LogP contribution in [0.3, 0.4) is 0 Å². The number of pyridine rings is 1. The molecule has 0 aliphatic heterocycles. The Kier molecular flexibility index (Phi) is 3.04. The molecule has 0 aliphatic carbocycles. The minimum atomic E-state index is -0.299. The van der Waals surface area contributed by atoms with Crippen LogP contribution in [0.2, 0.25) is 0 Å². The molecule has 0 aromatic carbocycles. The molecule has 2 N–H and O–H groups in total. The highest BCUT2D eigenvalue weighted by Gasteiger charge is 2.00. The van der Waals surface area contributed by atoms with Crippen molar-refractivity contribution in [3.63, 3.8) is 0 Å². The molecule has 0 aliphatic rings. The van der Waals surface area contributed by atoms with Gasteiger partial charge in [-0.1, -0.05) is 0 Å². The van der Waals surface area contributed by atoms with Crippen molar-refractivity contribution in [3.05, 3.63) is 56.7 Å². The molecular weight excluding hydrogens is 220 g/mol.